The van der Waals surface area contributed by atoms with Gasteiger partial charge in [0.1, 0.15) is 5.03 Å². The number of nitrogens with zero attached hydrogens (tertiary/aromatic N) is 1. The molecular formula is C13H13BrN2S. The minimum atomic E-state index is 0.669. The molecule has 0 aliphatic carbocycles. The molecule has 0 amide bonds. The van der Waals surface area contributed by atoms with Gasteiger partial charge in [0.2, 0.25) is 0 Å². The van der Waals surface area contributed by atoms with Gasteiger partial charge in [-0.1, -0.05) is 23.9 Å². The van der Waals surface area contributed by atoms with Crippen LogP contribution < -0.4 is 5.73 Å². The first-order valence-electron chi connectivity index (χ1n) is 5.22. The Morgan fingerprint density at radius 3 is 2.71 bits per heavy atom. The average molecular weight is 309 g/mol. The zero-order valence-corrected chi connectivity index (χ0v) is 12.1. The molecule has 0 saturated carbocycles. The maximum atomic E-state index is 5.67. The van der Waals surface area contributed by atoms with Crippen LogP contribution >= 0.6 is 27.7 Å². The number of halogens is 1. The van der Waals surface area contributed by atoms with Crippen LogP contribution in [0.5, 0.6) is 0 Å². The van der Waals surface area contributed by atoms with Crippen LogP contribution in [-0.2, 0) is 0 Å². The number of rotatable bonds is 2. The van der Waals surface area contributed by atoms with Crippen LogP contribution in [0.3, 0.4) is 0 Å². The van der Waals surface area contributed by atoms with Crippen LogP contribution in [0.1, 0.15) is 11.1 Å². The fourth-order valence-electron chi connectivity index (χ4n) is 1.44. The first-order chi connectivity index (χ1) is 8.06. The van der Waals surface area contributed by atoms with Gasteiger partial charge in [0.25, 0.3) is 0 Å². The highest BCUT2D eigenvalue weighted by atomic mass is 79.9. The minimum Gasteiger partial charge on any atom is -0.397 e. The first-order valence-corrected chi connectivity index (χ1v) is 6.83. The molecule has 0 saturated heterocycles. The third-order valence-corrected chi connectivity index (χ3v) is 4.42. The molecule has 4 heteroatoms. The lowest BCUT2D eigenvalue weighted by atomic mass is 10.2. The Morgan fingerprint density at radius 2 is 2.00 bits per heavy atom. The highest BCUT2D eigenvalue weighted by Gasteiger charge is 2.07. The van der Waals surface area contributed by atoms with Crippen molar-refractivity contribution >= 4 is 33.4 Å². The summed E-state index contributed by atoms with van der Waals surface area (Å²) >= 11 is 5.13. The third-order valence-electron chi connectivity index (χ3n) is 2.38. The highest BCUT2D eigenvalue weighted by Crippen LogP contribution is 2.34. The average Bonchev–Trinajstić information content (AvgIpc) is 2.27. The van der Waals surface area contributed by atoms with Gasteiger partial charge in [0.15, 0.2) is 0 Å². The van der Waals surface area contributed by atoms with E-state index in [1.807, 2.05) is 6.07 Å². The summed E-state index contributed by atoms with van der Waals surface area (Å²) in [4.78, 5) is 5.56. The van der Waals surface area contributed by atoms with Crippen molar-refractivity contribution in [2.45, 2.75) is 23.8 Å². The van der Waals surface area contributed by atoms with E-state index in [1.54, 1.807) is 18.0 Å². The molecule has 1 aromatic heterocycles. The van der Waals surface area contributed by atoms with Crippen LogP contribution in [0.25, 0.3) is 0 Å². The van der Waals surface area contributed by atoms with E-state index < -0.39 is 0 Å². The number of nitrogen functional groups attached to an aromatic ring is 1. The van der Waals surface area contributed by atoms with Gasteiger partial charge in [-0.2, -0.15) is 0 Å². The first kappa shape index (κ1) is 12.5. The molecule has 2 nitrogen and oxygen atoms in total. The molecule has 0 radical (unpaired) electrons. The summed E-state index contributed by atoms with van der Waals surface area (Å²) in [5, 5.41) is 0.938. The van der Waals surface area contributed by atoms with Gasteiger partial charge in [-0.15, -0.1) is 0 Å². The van der Waals surface area contributed by atoms with Crippen LogP contribution in [0.15, 0.2) is 44.9 Å². The van der Waals surface area contributed by atoms with Crippen LogP contribution in [-0.4, -0.2) is 4.98 Å². The number of hydrogen-bond donors (Lipinski definition) is 1. The van der Waals surface area contributed by atoms with E-state index in [-0.39, 0.29) is 0 Å². The number of aryl methyl sites for hydroxylation is 2. The van der Waals surface area contributed by atoms with Gasteiger partial charge in [-0.05, 0) is 53.0 Å². The lowest BCUT2D eigenvalue weighted by Crippen LogP contribution is -1.90. The quantitative estimate of drug-likeness (QED) is 0.904. The molecule has 0 spiro atoms. The van der Waals surface area contributed by atoms with Gasteiger partial charge in [-0.3, -0.25) is 0 Å². The van der Waals surface area contributed by atoms with Crippen LogP contribution in [0.4, 0.5) is 5.69 Å². The van der Waals surface area contributed by atoms with Crippen molar-refractivity contribution in [3.63, 3.8) is 0 Å². The molecule has 0 bridgehead atoms. The maximum absolute atomic E-state index is 5.67. The maximum Gasteiger partial charge on any atom is 0.115 e. The summed E-state index contributed by atoms with van der Waals surface area (Å²) < 4.78 is 0.934. The van der Waals surface area contributed by atoms with E-state index in [2.05, 4.69) is 53.0 Å². The van der Waals surface area contributed by atoms with Crippen molar-refractivity contribution in [3.8, 4) is 0 Å². The lowest BCUT2D eigenvalue weighted by Gasteiger charge is -2.07. The van der Waals surface area contributed by atoms with Crippen molar-refractivity contribution in [2.75, 3.05) is 5.73 Å². The van der Waals surface area contributed by atoms with E-state index in [4.69, 9.17) is 5.73 Å². The van der Waals surface area contributed by atoms with Crippen molar-refractivity contribution in [1.29, 1.82) is 0 Å². The second-order valence-corrected chi connectivity index (χ2v) is 5.81. The molecule has 2 N–H and O–H groups in total. The Labute approximate surface area is 114 Å². The SMILES string of the molecule is Cc1ccc(C)c(Sc2ncc(N)cc2Br)c1. The number of aromatic nitrogens is 1. The fourth-order valence-corrected chi connectivity index (χ4v) is 2.99. The number of hydrogen-bond acceptors (Lipinski definition) is 3. The van der Waals surface area contributed by atoms with Crippen LogP contribution in [0.2, 0.25) is 0 Å². The molecule has 88 valence electrons. The summed E-state index contributed by atoms with van der Waals surface area (Å²) in [5.74, 6) is 0. The number of anilines is 1. The monoisotopic (exact) mass is 308 g/mol. The Hall–Kier alpha value is -1.00. The largest absolute Gasteiger partial charge is 0.397 e. The molecule has 0 atom stereocenters. The molecule has 0 aliphatic rings. The molecule has 0 fully saturated rings. The van der Waals surface area contributed by atoms with E-state index in [9.17, 15) is 0 Å². The van der Waals surface area contributed by atoms with Crippen LogP contribution in [0, 0.1) is 13.8 Å². The van der Waals surface area contributed by atoms with E-state index in [0.29, 0.717) is 5.69 Å². The molecule has 2 aromatic rings. The predicted octanol–water partition coefficient (Wildman–Crippen LogP) is 4.19. The zero-order valence-electron chi connectivity index (χ0n) is 9.70. The standard InChI is InChI=1S/C13H13BrN2S/c1-8-3-4-9(2)12(5-8)17-13-11(14)6-10(15)7-16-13/h3-7H,15H2,1-2H3. The van der Waals surface area contributed by atoms with Crippen molar-refractivity contribution in [2.24, 2.45) is 0 Å². The Morgan fingerprint density at radius 1 is 1.24 bits per heavy atom. The molecule has 1 heterocycles. The molecular weight excluding hydrogens is 296 g/mol. The highest BCUT2D eigenvalue weighted by molar-refractivity contribution is 9.10. The summed E-state index contributed by atoms with van der Waals surface area (Å²) in [6, 6.07) is 8.29. The van der Waals surface area contributed by atoms with Gasteiger partial charge >= 0.3 is 0 Å². The summed E-state index contributed by atoms with van der Waals surface area (Å²) in [6.45, 7) is 4.20. The second kappa shape index (κ2) is 5.10. The smallest absolute Gasteiger partial charge is 0.115 e. The topological polar surface area (TPSA) is 38.9 Å². The van der Waals surface area contributed by atoms with E-state index in [1.165, 1.54) is 16.0 Å². The van der Waals surface area contributed by atoms with E-state index in [0.717, 1.165) is 9.50 Å². The minimum absolute atomic E-state index is 0.669. The summed E-state index contributed by atoms with van der Waals surface area (Å²) in [7, 11) is 0. The molecule has 0 unspecified atom stereocenters. The number of pyridine rings is 1. The van der Waals surface area contributed by atoms with Crippen molar-refractivity contribution in [1.82, 2.24) is 4.98 Å². The van der Waals surface area contributed by atoms with Gasteiger partial charge in [0.05, 0.1) is 16.4 Å². The second-order valence-electron chi connectivity index (χ2n) is 3.93. The number of benzene rings is 1. The van der Waals surface area contributed by atoms with Crippen molar-refractivity contribution < 1.29 is 0 Å². The Bertz CT molecular complexity index is 555. The third kappa shape index (κ3) is 3.01. The molecule has 0 aliphatic heterocycles. The van der Waals surface area contributed by atoms with Crippen molar-refractivity contribution in [3.05, 3.63) is 46.1 Å². The van der Waals surface area contributed by atoms with Gasteiger partial charge in [-0.25, -0.2) is 4.98 Å². The lowest BCUT2D eigenvalue weighted by molar-refractivity contribution is 1.11. The molecule has 1 aromatic carbocycles. The molecule has 2 rings (SSSR count). The molecule has 17 heavy (non-hydrogen) atoms. The van der Waals surface area contributed by atoms with Gasteiger partial charge < -0.3 is 5.73 Å². The summed E-state index contributed by atoms with van der Waals surface area (Å²) in [5.41, 5.74) is 8.85. The Kier molecular flexibility index (Phi) is 3.74. The predicted molar refractivity (Wildman–Crippen MR) is 76.4 cm³/mol. The fraction of sp³-hybridized carbons (Fsp3) is 0.154. The summed E-state index contributed by atoms with van der Waals surface area (Å²) in [6.07, 6.45) is 1.68. The number of nitrogens with two attached hydrogens (primary N) is 1. The van der Waals surface area contributed by atoms with Gasteiger partial charge in [0, 0.05) is 4.90 Å². The Balaban J connectivity index is 2.34. The normalized spacial score (nSPS) is 10.5. The zero-order chi connectivity index (χ0) is 12.4. The van der Waals surface area contributed by atoms with E-state index >= 15 is 0 Å².